The van der Waals surface area contributed by atoms with Crippen LogP contribution in [0.25, 0.3) is 0 Å². The van der Waals surface area contributed by atoms with Crippen LogP contribution in [-0.2, 0) is 4.79 Å². The number of amides is 1. The molecule has 0 unspecified atom stereocenters. The van der Waals surface area contributed by atoms with Gasteiger partial charge in [-0.3, -0.25) is 9.69 Å². The van der Waals surface area contributed by atoms with Crippen LogP contribution < -0.4 is 9.64 Å². The number of rotatable bonds is 0. The highest BCUT2D eigenvalue weighted by Gasteiger charge is 2.28. The molecule has 0 radical (unpaired) electrons. The van der Waals surface area contributed by atoms with Crippen molar-refractivity contribution in [2.75, 3.05) is 11.9 Å². The van der Waals surface area contributed by atoms with E-state index in [2.05, 4.69) is 11.6 Å². The second-order valence-corrected chi connectivity index (χ2v) is 3.47. The van der Waals surface area contributed by atoms with E-state index in [-0.39, 0.29) is 12.0 Å². The lowest BCUT2D eigenvalue weighted by Gasteiger charge is -2.14. The summed E-state index contributed by atoms with van der Waals surface area (Å²) in [5.74, 6) is 0.993. The summed E-state index contributed by atoms with van der Waals surface area (Å²) in [4.78, 5) is 17.4. The van der Waals surface area contributed by atoms with Crippen LogP contribution in [0.4, 0.5) is 5.82 Å². The van der Waals surface area contributed by atoms with Crippen molar-refractivity contribution in [3.8, 4) is 5.75 Å². The topological polar surface area (TPSA) is 42.4 Å². The summed E-state index contributed by atoms with van der Waals surface area (Å²) in [5, 5.41) is 0. The van der Waals surface area contributed by atoms with E-state index < -0.39 is 0 Å². The largest absolute Gasteiger partial charge is 0.482 e. The molecule has 15 heavy (non-hydrogen) atoms. The predicted molar refractivity (Wildman–Crippen MR) is 56.9 cm³/mol. The van der Waals surface area contributed by atoms with E-state index in [1.54, 1.807) is 32.3 Å². The van der Waals surface area contributed by atoms with Crippen molar-refractivity contribution in [1.29, 1.82) is 0 Å². The maximum atomic E-state index is 11.8. The molecule has 0 N–H and O–H groups in total. The van der Waals surface area contributed by atoms with E-state index in [4.69, 9.17) is 4.74 Å². The SMILES string of the molecule is C=C1C(=O)N(C)c2ncccc2O[C@@H]1C. The zero-order valence-corrected chi connectivity index (χ0v) is 8.73. The second-order valence-electron chi connectivity index (χ2n) is 3.47. The highest BCUT2D eigenvalue weighted by molar-refractivity contribution is 6.06. The van der Waals surface area contributed by atoms with Gasteiger partial charge < -0.3 is 4.74 Å². The fourth-order valence-corrected chi connectivity index (χ4v) is 1.47. The van der Waals surface area contributed by atoms with Crippen LogP contribution in [0, 0.1) is 0 Å². The molecule has 2 rings (SSSR count). The summed E-state index contributed by atoms with van der Waals surface area (Å²) < 4.78 is 5.59. The Labute approximate surface area is 88.2 Å². The summed E-state index contributed by atoms with van der Waals surface area (Å²) >= 11 is 0. The monoisotopic (exact) mass is 204 g/mol. The first kappa shape index (κ1) is 9.71. The van der Waals surface area contributed by atoms with Crippen LogP contribution in [0.15, 0.2) is 30.5 Å². The van der Waals surface area contributed by atoms with Crippen LogP contribution in [0.1, 0.15) is 6.92 Å². The normalized spacial score (nSPS) is 20.7. The van der Waals surface area contributed by atoms with Crippen LogP contribution in [0.5, 0.6) is 5.75 Å². The highest BCUT2D eigenvalue weighted by atomic mass is 16.5. The third kappa shape index (κ3) is 1.48. The number of hydrogen-bond donors (Lipinski definition) is 0. The fraction of sp³-hybridized carbons (Fsp3) is 0.273. The fourth-order valence-electron chi connectivity index (χ4n) is 1.47. The van der Waals surface area contributed by atoms with Gasteiger partial charge in [0, 0.05) is 13.2 Å². The molecule has 1 aromatic heterocycles. The average Bonchev–Trinajstić information content (AvgIpc) is 2.32. The quantitative estimate of drug-likeness (QED) is 0.599. The number of pyridine rings is 1. The van der Waals surface area contributed by atoms with Gasteiger partial charge in [-0.05, 0) is 19.1 Å². The molecule has 0 spiro atoms. The van der Waals surface area contributed by atoms with E-state index in [0.717, 1.165) is 0 Å². The minimum absolute atomic E-state index is 0.153. The van der Waals surface area contributed by atoms with E-state index in [1.165, 1.54) is 4.90 Å². The lowest BCUT2D eigenvalue weighted by Crippen LogP contribution is -2.29. The molecule has 4 nitrogen and oxygen atoms in total. The number of nitrogens with zero attached hydrogens (tertiary/aromatic N) is 2. The van der Waals surface area contributed by atoms with Crippen molar-refractivity contribution >= 4 is 11.7 Å². The Hall–Kier alpha value is -1.84. The molecule has 0 saturated heterocycles. The molecule has 0 fully saturated rings. The molecular formula is C11H12N2O2. The van der Waals surface area contributed by atoms with Crippen molar-refractivity contribution in [2.45, 2.75) is 13.0 Å². The van der Waals surface area contributed by atoms with E-state index in [1.807, 2.05) is 0 Å². The summed E-state index contributed by atoms with van der Waals surface area (Å²) in [6.45, 7) is 5.53. The zero-order chi connectivity index (χ0) is 11.0. The van der Waals surface area contributed by atoms with E-state index >= 15 is 0 Å². The van der Waals surface area contributed by atoms with Crippen molar-refractivity contribution in [3.05, 3.63) is 30.5 Å². The first-order valence-electron chi connectivity index (χ1n) is 4.70. The smallest absolute Gasteiger partial charge is 0.258 e. The summed E-state index contributed by atoms with van der Waals surface area (Å²) in [6.07, 6.45) is 1.32. The van der Waals surface area contributed by atoms with Gasteiger partial charge in [0.1, 0.15) is 6.10 Å². The predicted octanol–water partition coefficient (Wildman–Crippen LogP) is 1.38. The summed E-state index contributed by atoms with van der Waals surface area (Å²) in [6, 6.07) is 3.57. The van der Waals surface area contributed by atoms with Crippen molar-refractivity contribution in [2.24, 2.45) is 0 Å². The van der Waals surface area contributed by atoms with Gasteiger partial charge in [-0.1, -0.05) is 6.58 Å². The van der Waals surface area contributed by atoms with Gasteiger partial charge in [-0.2, -0.15) is 0 Å². The van der Waals surface area contributed by atoms with Crippen molar-refractivity contribution in [1.82, 2.24) is 4.98 Å². The van der Waals surface area contributed by atoms with Gasteiger partial charge in [0.05, 0.1) is 5.57 Å². The number of aromatic nitrogens is 1. The Bertz CT molecular complexity index is 428. The third-order valence-corrected chi connectivity index (χ3v) is 2.44. The minimum atomic E-state index is -0.314. The molecule has 0 aromatic carbocycles. The maximum Gasteiger partial charge on any atom is 0.258 e. The van der Waals surface area contributed by atoms with Crippen LogP contribution in [0.3, 0.4) is 0 Å². The Morgan fingerprint density at radius 3 is 3.07 bits per heavy atom. The van der Waals surface area contributed by atoms with Crippen LogP contribution in [-0.4, -0.2) is 24.0 Å². The molecule has 1 amide bonds. The summed E-state index contributed by atoms with van der Waals surface area (Å²) in [7, 11) is 1.67. The van der Waals surface area contributed by atoms with Gasteiger partial charge in [-0.15, -0.1) is 0 Å². The minimum Gasteiger partial charge on any atom is -0.482 e. The average molecular weight is 204 g/mol. The molecule has 1 aromatic rings. The Morgan fingerprint density at radius 2 is 2.33 bits per heavy atom. The Kier molecular flexibility index (Phi) is 2.19. The van der Waals surface area contributed by atoms with Gasteiger partial charge in [0.15, 0.2) is 11.6 Å². The Morgan fingerprint density at radius 1 is 1.60 bits per heavy atom. The number of likely N-dealkylation sites (N-methyl/N-ethyl adjacent to an activating group) is 1. The molecule has 2 heterocycles. The number of carbonyl (C=O) groups is 1. The lowest BCUT2D eigenvalue weighted by atomic mass is 10.2. The van der Waals surface area contributed by atoms with Crippen LogP contribution in [0.2, 0.25) is 0 Å². The lowest BCUT2D eigenvalue weighted by molar-refractivity contribution is -0.115. The molecule has 1 aliphatic heterocycles. The van der Waals surface area contributed by atoms with Crippen molar-refractivity contribution in [3.63, 3.8) is 0 Å². The molecular weight excluding hydrogens is 192 g/mol. The van der Waals surface area contributed by atoms with Gasteiger partial charge in [0.25, 0.3) is 5.91 Å². The first-order valence-corrected chi connectivity index (χ1v) is 4.70. The highest BCUT2D eigenvalue weighted by Crippen LogP contribution is 2.30. The van der Waals surface area contributed by atoms with Crippen molar-refractivity contribution < 1.29 is 9.53 Å². The maximum absolute atomic E-state index is 11.8. The van der Waals surface area contributed by atoms with Gasteiger partial charge in [0.2, 0.25) is 0 Å². The van der Waals surface area contributed by atoms with Gasteiger partial charge in [-0.25, -0.2) is 4.98 Å². The van der Waals surface area contributed by atoms with E-state index in [0.29, 0.717) is 17.1 Å². The molecule has 1 aliphatic rings. The molecule has 0 saturated carbocycles. The molecule has 1 atom stereocenters. The number of hydrogen-bond acceptors (Lipinski definition) is 3. The van der Waals surface area contributed by atoms with E-state index in [9.17, 15) is 4.79 Å². The Balaban J connectivity index is 2.53. The number of fused-ring (bicyclic) bond motifs is 1. The number of anilines is 1. The van der Waals surface area contributed by atoms with Gasteiger partial charge >= 0.3 is 0 Å². The standard InChI is InChI=1S/C11H12N2O2/c1-7-8(2)15-9-5-4-6-12-10(9)13(3)11(7)14/h4-6,8H,1H2,2-3H3/t8-/m1/s1. The molecule has 4 heteroatoms. The zero-order valence-electron chi connectivity index (χ0n) is 8.73. The first-order chi connectivity index (χ1) is 7.11. The number of carbonyl (C=O) groups excluding carboxylic acids is 1. The summed E-state index contributed by atoms with van der Waals surface area (Å²) in [5.41, 5.74) is 0.440. The second kappa shape index (κ2) is 3.38. The van der Waals surface area contributed by atoms with Crippen LogP contribution >= 0.6 is 0 Å². The third-order valence-electron chi connectivity index (χ3n) is 2.44. The molecule has 0 bridgehead atoms. The molecule has 0 aliphatic carbocycles. The number of ether oxygens (including phenoxy) is 1. The molecule has 78 valence electrons.